The lowest BCUT2D eigenvalue weighted by Crippen LogP contribution is -2.52. The van der Waals surface area contributed by atoms with Crippen LogP contribution in [-0.4, -0.2) is 72.8 Å². The Morgan fingerprint density at radius 3 is 2.74 bits per heavy atom. The van der Waals surface area contributed by atoms with Gasteiger partial charge in [-0.1, -0.05) is 6.07 Å². The van der Waals surface area contributed by atoms with Crippen molar-refractivity contribution in [3.05, 3.63) is 64.0 Å². The molecule has 0 saturated carbocycles. The molecule has 2 fully saturated rings. The minimum absolute atomic E-state index is 0.144. The van der Waals surface area contributed by atoms with Gasteiger partial charge < -0.3 is 20.1 Å². The SMILES string of the molecule is CC(Nc1ccc(C(=O)NCC(C2CCOC2)N2CCOCC2)cc1[N+](=O)[O-])c1ccccn1. The van der Waals surface area contributed by atoms with Crippen LogP contribution in [0.4, 0.5) is 11.4 Å². The Hall–Kier alpha value is -3.08. The van der Waals surface area contributed by atoms with E-state index in [-0.39, 0.29) is 29.2 Å². The van der Waals surface area contributed by atoms with E-state index in [2.05, 4.69) is 20.5 Å². The average Bonchev–Trinajstić information content (AvgIpc) is 3.40. The zero-order valence-corrected chi connectivity index (χ0v) is 19.3. The fourth-order valence-corrected chi connectivity index (χ4v) is 4.54. The molecule has 4 rings (SSSR count). The lowest BCUT2D eigenvalue weighted by Gasteiger charge is -2.37. The molecule has 3 heterocycles. The van der Waals surface area contributed by atoms with Crippen LogP contribution < -0.4 is 10.6 Å². The number of carbonyl (C=O) groups excluding carboxylic acids is 1. The van der Waals surface area contributed by atoms with Crippen LogP contribution in [0.5, 0.6) is 0 Å². The number of hydrogen-bond acceptors (Lipinski definition) is 8. The number of hydrogen-bond donors (Lipinski definition) is 2. The molecule has 0 radical (unpaired) electrons. The molecule has 2 aliphatic rings. The summed E-state index contributed by atoms with van der Waals surface area (Å²) in [5, 5.41) is 17.9. The summed E-state index contributed by atoms with van der Waals surface area (Å²) in [6, 6.07) is 9.96. The third-order valence-electron chi connectivity index (χ3n) is 6.46. The minimum atomic E-state index is -0.476. The predicted molar refractivity (Wildman–Crippen MR) is 127 cm³/mol. The summed E-state index contributed by atoms with van der Waals surface area (Å²) in [5.74, 6) is 0.0111. The van der Waals surface area contributed by atoms with Crippen LogP contribution in [0.3, 0.4) is 0 Å². The number of aromatic nitrogens is 1. The largest absolute Gasteiger partial charge is 0.381 e. The summed E-state index contributed by atoms with van der Waals surface area (Å²) in [5.41, 5.74) is 1.22. The van der Waals surface area contributed by atoms with Crippen LogP contribution in [0.15, 0.2) is 42.6 Å². The second-order valence-electron chi connectivity index (χ2n) is 8.66. The summed E-state index contributed by atoms with van der Waals surface area (Å²) in [6.07, 6.45) is 2.63. The van der Waals surface area contributed by atoms with Crippen LogP contribution in [0.25, 0.3) is 0 Å². The zero-order valence-electron chi connectivity index (χ0n) is 19.3. The van der Waals surface area contributed by atoms with Gasteiger partial charge in [-0.15, -0.1) is 0 Å². The number of morpholine rings is 1. The number of amides is 1. The Bertz CT molecular complexity index is 977. The van der Waals surface area contributed by atoms with Gasteiger partial charge in [0.25, 0.3) is 11.6 Å². The van der Waals surface area contributed by atoms with Crippen LogP contribution in [0, 0.1) is 16.0 Å². The molecule has 1 aromatic heterocycles. The molecule has 182 valence electrons. The Morgan fingerprint density at radius 2 is 2.06 bits per heavy atom. The maximum atomic E-state index is 12.9. The normalized spacial score (nSPS) is 20.4. The first-order chi connectivity index (χ1) is 16.5. The van der Waals surface area contributed by atoms with Gasteiger partial charge in [0, 0.05) is 56.0 Å². The number of pyridine rings is 1. The van der Waals surface area contributed by atoms with Crippen molar-refractivity contribution in [1.82, 2.24) is 15.2 Å². The van der Waals surface area contributed by atoms with Crippen LogP contribution in [0.1, 0.15) is 35.4 Å². The number of anilines is 1. The number of nitro groups is 1. The van der Waals surface area contributed by atoms with Crippen molar-refractivity contribution < 1.29 is 19.2 Å². The summed E-state index contributed by atoms with van der Waals surface area (Å²) in [7, 11) is 0. The second kappa shape index (κ2) is 11.4. The molecule has 10 nitrogen and oxygen atoms in total. The molecule has 0 spiro atoms. The van der Waals surface area contributed by atoms with Crippen molar-refractivity contribution in [2.75, 3.05) is 51.4 Å². The van der Waals surface area contributed by atoms with Gasteiger partial charge in [-0.25, -0.2) is 0 Å². The van der Waals surface area contributed by atoms with E-state index in [4.69, 9.17) is 9.47 Å². The van der Waals surface area contributed by atoms with Gasteiger partial charge in [-0.05, 0) is 37.6 Å². The summed E-state index contributed by atoms with van der Waals surface area (Å²) < 4.78 is 11.1. The Balaban J connectivity index is 1.44. The first kappa shape index (κ1) is 24.1. The summed E-state index contributed by atoms with van der Waals surface area (Å²) in [4.78, 5) is 30.8. The molecule has 1 amide bonds. The van der Waals surface area contributed by atoms with E-state index < -0.39 is 4.92 Å². The highest BCUT2D eigenvalue weighted by atomic mass is 16.6. The van der Waals surface area contributed by atoms with Gasteiger partial charge in [0.2, 0.25) is 0 Å². The lowest BCUT2D eigenvalue weighted by molar-refractivity contribution is -0.384. The first-order valence-electron chi connectivity index (χ1n) is 11.7. The van der Waals surface area contributed by atoms with Gasteiger partial charge in [-0.3, -0.25) is 24.8 Å². The van der Waals surface area contributed by atoms with Gasteiger partial charge >= 0.3 is 0 Å². The molecule has 2 aromatic rings. The summed E-state index contributed by atoms with van der Waals surface area (Å²) in [6.45, 7) is 6.73. The van der Waals surface area contributed by atoms with E-state index in [1.165, 1.54) is 6.07 Å². The molecular weight excluding hydrogens is 438 g/mol. The smallest absolute Gasteiger partial charge is 0.293 e. The monoisotopic (exact) mass is 469 g/mol. The molecule has 3 unspecified atom stereocenters. The van der Waals surface area contributed by atoms with E-state index in [9.17, 15) is 14.9 Å². The minimum Gasteiger partial charge on any atom is -0.381 e. The number of carbonyl (C=O) groups is 1. The maximum Gasteiger partial charge on any atom is 0.293 e. The topological polar surface area (TPSA) is 119 Å². The third-order valence-corrected chi connectivity index (χ3v) is 6.46. The second-order valence-corrected chi connectivity index (χ2v) is 8.66. The third kappa shape index (κ3) is 5.88. The molecule has 0 bridgehead atoms. The molecule has 0 aliphatic carbocycles. The Morgan fingerprint density at radius 1 is 1.24 bits per heavy atom. The van der Waals surface area contributed by atoms with E-state index in [1.54, 1.807) is 18.3 Å². The standard InChI is InChI=1S/C24H31N5O5/c1-17(20-4-2-3-8-25-20)27-21-6-5-18(14-22(21)29(31)32)24(30)26-15-23(19-7-11-34-16-19)28-9-12-33-13-10-28/h2-6,8,14,17,19,23,27H,7,9-13,15-16H2,1H3,(H,26,30). The van der Waals surface area contributed by atoms with E-state index in [0.717, 1.165) is 31.8 Å². The van der Waals surface area contributed by atoms with Crippen molar-refractivity contribution >= 4 is 17.3 Å². The number of nitrogens with one attached hydrogen (secondary N) is 2. The fourth-order valence-electron chi connectivity index (χ4n) is 4.54. The van der Waals surface area contributed by atoms with Gasteiger partial charge in [-0.2, -0.15) is 0 Å². The van der Waals surface area contributed by atoms with Crippen molar-refractivity contribution in [2.45, 2.75) is 25.4 Å². The van der Waals surface area contributed by atoms with Crippen LogP contribution in [-0.2, 0) is 9.47 Å². The average molecular weight is 470 g/mol. The molecule has 2 N–H and O–H groups in total. The molecule has 10 heteroatoms. The van der Waals surface area contributed by atoms with E-state index >= 15 is 0 Å². The molecule has 3 atom stereocenters. The highest BCUT2D eigenvalue weighted by molar-refractivity contribution is 5.95. The Kier molecular flexibility index (Phi) is 8.04. The fraction of sp³-hybridized carbons (Fsp3) is 0.500. The van der Waals surface area contributed by atoms with E-state index in [1.807, 2.05) is 25.1 Å². The van der Waals surface area contributed by atoms with Crippen molar-refractivity contribution in [1.29, 1.82) is 0 Å². The van der Waals surface area contributed by atoms with E-state index in [0.29, 0.717) is 38.0 Å². The quantitative estimate of drug-likeness (QED) is 0.425. The molecule has 1 aromatic carbocycles. The molecular formula is C24H31N5O5. The van der Waals surface area contributed by atoms with Crippen LogP contribution in [0.2, 0.25) is 0 Å². The molecule has 2 aliphatic heterocycles. The number of nitrogens with zero attached hydrogens (tertiary/aromatic N) is 3. The Labute approximate surface area is 198 Å². The van der Waals surface area contributed by atoms with Crippen molar-refractivity contribution in [3.8, 4) is 0 Å². The number of rotatable bonds is 9. The maximum absolute atomic E-state index is 12.9. The van der Waals surface area contributed by atoms with Gasteiger partial charge in [0.1, 0.15) is 5.69 Å². The number of benzene rings is 1. The van der Waals surface area contributed by atoms with Gasteiger partial charge in [0.05, 0.1) is 36.5 Å². The summed E-state index contributed by atoms with van der Waals surface area (Å²) >= 11 is 0. The number of ether oxygens (including phenoxy) is 2. The van der Waals surface area contributed by atoms with Crippen molar-refractivity contribution in [2.24, 2.45) is 5.92 Å². The molecule has 2 saturated heterocycles. The molecule has 34 heavy (non-hydrogen) atoms. The highest BCUT2D eigenvalue weighted by Gasteiger charge is 2.32. The lowest BCUT2D eigenvalue weighted by atomic mass is 9.96. The van der Waals surface area contributed by atoms with Crippen molar-refractivity contribution in [3.63, 3.8) is 0 Å². The van der Waals surface area contributed by atoms with Crippen LogP contribution >= 0.6 is 0 Å². The van der Waals surface area contributed by atoms with Gasteiger partial charge in [0.15, 0.2) is 0 Å². The number of nitro benzene ring substituents is 1. The zero-order chi connectivity index (χ0) is 23.9. The highest BCUT2D eigenvalue weighted by Crippen LogP contribution is 2.29. The predicted octanol–water partition coefficient (Wildman–Crippen LogP) is 2.63. The first-order valence-corrected chi connectivity index (χ1v) is 11.7.